The molecule has 8 heteroatoms. The minimum atomic E-state index is -0.496. The van der Waals surface area contributed by atoms with Gasteiger partial charge in [0.25, 0.3) is 5.56 Å². The lowest BCUT2D eigenvalue weighted by molar-refractivity contribution is 0.419. The predicted octanol–water partition coefficient (Wildman–Crippen LogP) is 3.52. The fraction of sp³-hybridized carbons (Fsp3) is 0.235. The third-order valence-electron chi connectivity index (χ3n) is 3.54. The Morgan fingerprint density at radius 1 is 1.32 bits per heavy atom. The summed E-state index contributed by atoms with van der Waals surface area (Å²) in [4.78, 5) is 28.9. The van der Waals surface area contributed by atoms with E-state index in [0.29, 0.717) is 34.1 Å². The molecule has 2 aromatic heterocycles. The number of rotatable bonds is 5. The summed E-state index contributed by atoms with van der Waals surface area (Å²) in [6.07, 6.45) is 1.81. The molecule has 3 aromatic rings. The second-order valence-electron chi connectivity index (χ2n) is 5.40. The molecule has 130 valence electrons. The average molecular weight is 423 g/mol. The lowest BCUT2D eigenvalue weighted by Gasteiger charge is -2.12. The highest BCUT2D eigenvalue weighted by Gasteiger charge is 2.13. The van der Waals surface area contributed by atoms with Crippen molar-refractivity contribution in [2.24, 2.45) is 0 Å². The van der Waals surface area contributed by atoms with E-state index in [1.165, 1.54) is 17.8 Å². The Kier molecular flexibility index (Phi) is 5.29. The van der Waals surface area contributed by atoms with Gasteiger partial charge in [-0.1, -0.05) is 34.6 Å². The van der Waals surface area contributed by atoms with E-state index in [9.17, 15) is 14.7 Å². The first kappa shape index (κ1) is 17.8. The molecule has 0 amide bonds. The molecule has 3 rings (SSSR count). The van der Waals surface area contributed by atoms with Crippen LogP contribution < -0.4 is 11.0 Å². The van der Waals surface area contributed by atoms with Crippen LogP contribution in [0.5, 0.6) is 5.75 Å². The molecule has 2 heterocycles. The van der Waals surface area contributed by atoms with Crippen molar-refractivity contribution in [1.82, 2.24) is 9.55 Å². The largest absolute Gasteiger partial charge is 0.502 e. The standard InChI is InChI=1S/C17H15BrN2O4S/c1-2-5-20-16(23)12-6-10(18)3-4-13(12)19-17(20)25-9-11-7-14(21)15(22)8-24-11/h3-4,6-8,22H,2,5,9H2,1H3. The molecule has 0 bridgehead atoms. The normalized spacial score (nSPS) is 11.1. The first-order valence-electron chi connectivity index (χ1n) is 7.63. The molecule has 6 nitrogen and oxygen atoms in total. The lowest BCUT2D eigenvalue weighted by atomic mass is 10.2. The number of halogens is 1. The van der Waals surface area contributed by atoms with Crippen LogP contribution in [0.1, 0.15) is 19.1 Å². The van der Waals surface area contributed by atoms with Gasteiger partial charge in [0.1, 0.15) is 12.0 Å². The molecule has 0 radical (unpaired) electrons. The Bertz CT molecular complexity index is 1040. The molecular formula is C17H15BrN2O4S. The smallest absolute Gasteiger partial charge is 0.262 e. The second-order valence-corrected chi connectivity index (χ2v) is 7.26. The number of aromatic nitrogens is 2. The molecule has 1 aromatic carbocycles. The van der Waals surface area contributed by atoms with E-state index in [1.54, 1.807) is 16.7 Å². The highest BCUT2D eigenvalue weighted by atomic mass is 79.9. The van der Waals surface area contributed by atoms with E-state index in [-0.39, 0.29) is 5.56 Å². The summed E-state index contributed by atoms with van der Waals surface area (Å²) in [6.45, 7) is 2.54. The zero-order valence-electron chi connectivity index (χ0n) is 13.4. The highest BCUT2D eigenvalue weighted by Crippen LogP contribution is 2.23. The van der Waals surface area contributed by atoms with Crippen LogP contribution >= 0.6 is 27.7 Å². The molecule has 0 aliphatic rings. The van der Waals surface area contributed by atoms with Crippen LogP contribution in [-0.4, -0.2) is 14.7 Å². The number of thioether (sulfide) groups is 1. The van der Waals surface area contributed by atoms with Crippen LogP contribution in [0.4, 0.5) is 0 Å². The molecular weight excluding hydrogens is 408 g/mol. The van der Waals surface area contributed by atoms with E-state index in [0.717, 1.165) is 17.2 Å². The Labute approximate surface area is 155 Å². The van der Waals surface area contributed by atoms with Gasteiger partial charge in [-0.25, -0.2) is 4.98 Å². The van der Waals surface area contributed by atoms with Crippen molar-refractivity contribution < 1.29 is 9.52 Å². The first-order chi connectivity index (χ1) is 12.0. The van der Waals surface area contributed by atoms with E-state index in [4.69, 9.17) is 4.42 Å². The minimum absolute atomic E-state index is 0.0946. The van der Waals surface area contributed by atoms with Crippen LogP contribution in [0, 0.1) is 0 Å². The van der Waals surface area contributed by atoms with Crippen LogP contribution in [0.15, 0.2) is 54.2 Å². The van der Waals surface area contributed by atoms with Gasteiger partial charge in [0, 0.05) is 17.1 Å². The maximum absolute atomic E-state index is 12.8. The minimum Gasteiger partial charge on any atom is -0.502 e. The Morgan fingerprint density at radius 2 is 2.12 bits per heavy atom. The van der Waals surface area contributed by atoms with Crippen molar-refractivity contribution in [1.29, 1.82) is 0 Å². The summed E-state index contributed by atoms with van der Waals surface area (Å²) in [5.74, 6) is 0.306. The quantitative estimate of drug-likeness (QED) is 0.499. The molecule has 25 heavy (non-hydrogen) atoms. The van der Waals surface area contributed by atoms with Gasteiger partial charge >= 0.3 is 0 Å². The van der Waals surface area contributed by atoms with Gasteiger partial charge in [-0.3, -0.25) is 14.2 Å². The Balaban J connectivity index is 2.00. The molecule has 0 unspecified atom stereocenters. The topological polar surface area (TPSA) is 85.3 Å². The number of hydrogen-bond donors (Lipinski definition) is 1. The molecule has 0 aliphatic heterocycles. The molecule has 0 saturated carbocycles. The predicted molar refractivity (Wildman–Crippen MR) is 100 cm³/mol. The summed E-state index contributed by atoms with van der Waals surface area (Å²) < 4.78 is 7.67. The second kappa shape index (κ2) is 7.45. The fourth-order valence-corrected chi connectivity index (χ4v) is 3.64. The number of aromatic hydroxyl groups is 1. The van der Waals surface area contributed by atoms with Crippen molar-refractivity contribution in [3.05, 3.63) is 61.3 Å². The summed E-state index contributed by atoms with van der Waals surface area (Å²) >= 11 is 4.69. The monoisotopic (exact) mass is 422 g/mol. The van der Waals surface area contributed by atoms with Crippen LogP contribution in [0.25, 0.3) is 10.9 Å². The van der Waals surface area contributed by atoms with Crippen molar-refractivity contribution in [3.8, 4) is 5.75 Å². The Morgan fingerprint density at radius 3 is 2.84 bits per heavy atom. The summed E-state index contributed by atoms with van der Waals surface area (Å²) in [6, 6.07) is 6.64. The van der Waals surface area contributed by atoms with Crippen molar-refractivity contribution in [2.45, 2.75) is 30.8 Å². The van der Waals surface area contributed by atoms with Crippen LogP contribution in [-0.2, 0) is 12.3 Å². The maximum atomic E-state index is 12.8. The zero-order valence-corrected chi connectivity index (χ0v) is 15.8. The van der Waals surface area contributed by atoms with Gasteiger partial charge in [-0.05, 0) is 24.6 Å². The van der Waals surface area contributed by atoms with Crippen LogP contribution in [0.3, 0.4) is 0 Å². The van der Waals surface area contributed by atoms with Gasteiger partial charge in [0.2, 0.25) is 5.43 Å². The fourth-order valence-electron chi connectivity index (χ4n) is 2.36. The number of benzene rings is 1. The molecule has 0 spiro atoms. The molecule has 1 N–H and O–H groups in total. The molecule has 0 atom stereocenters. The van der Waals surface area contributed by atoms with E-state index >= 15 is 0 Å². The first-order valence-corrected chi connectivity index (χ1v) is 9.41. The van der Waals surface area contributed by atoms with Crippen molar-refractivity contribution >= 4 is 38.6 Å². The molecule has 0 fully saturated rings. The van der Waals surface area contributed by atoms with Gasteiger partial charge in [-0.15, -0.1) is 0 Å². The van der Waals surface area contributed by atoms with E-state index < -0.39 is 11.2 Å². The van der Waals surface area contributed by atoms with Gasteiger partial charge in [-0.2, -0.15) is 0 Å². The number of hydrogen-bond acceptors (Lipinski definition) is 6. The summed E-state index contributed by atoms with van der Waals surface area (Å²) in [5, 5.41) is 10.4. The van der Waals surface area contributed by atoms with Gasteiger partial charge in [0.05, 0.1) is 16.7 Å². The molecule has 0 aliphatic carbocycles. The lowest BCUT2D eigenvalue weighted by Crippen LogP contribution is -2.23. The SMILES string of the molecule is CCCn1c(SCc2cc(=O)c(O)co2)nc2ccc(Br)cc2c1=O. The summed E-state index contributed by atoms with van der Waals surface area (Å²) in [7, 11) is 0. The highest BCUT2D eigenvalue weighted by molar-refractivity contribution is 9.10. The van der Waals surface area contributed by atoms with Crippen molar-refractivity contribution in [2.75, 3.05) is 0 Å². The van der Waals surface area contributed by atoms with Crippen molar-refractivity contribution in [3.63, 3.8) is 0 Å². The third kappa shape index (κ3) is 3.80. The summed E-state index contributed by atoms with van der Waals surface area (Å²) in [5.41, 5.74) is 0.0298. The zero-order chi connectivity index (χ0) is 18.0. The Hall–Kier alpha value is -2.06. The molecule has 0 saturated heterocycles. The van der Waals surface area contributed by atoms with Gasteiger partial charge in [0.15, 0.2) is 10.9 Å². The van der Waals surface area contributed by atoms with E-state index in [1.807, 2.05) is 13.0 Å². The third-order valence-corrected chi connectivity index (χ3v) is 5.03. The maximum Gasteiger partial charge on any atom is 0.262 e. The van der Waals surface area contributed by atoms with Crippen LogP contribution in [0.2, 0.25) is 0 Å². The number of fused-ring (bicyclic) bond motifs is 1. The number of nitrogens with zero attached hydrogens (tertiary/aromatic N) is 2. The van der Waals surface area contributed by atoms with Gasteiger partial charge < -0.3 is 9.52 Å². The van der Waals surface area contributed by atoms with E-state index in [2.05, 4.69) is 20.9 Å². The average Bonchev–Trinajstić information content (AvgIpc) is 2.59.